The summed E-state index contributed by atoms with van der Waals surface area (Å²) in [5.74, 6) is 1.40. The van der Waals surface area contributed by atoms with Crippen molar-refractivity contribution in [1.82, 2.24) is 20.9 Å². The number of halogens is 1. The zero-order valence-corrected chi connectivity index (χ0v) is 19.0. The highest BCUT2D eigenvalue weighted by atomic mass is 127. The van der Waals surface area contributed by atoms with E-state index >= 15 is 0 Å². The van der Waals surface area contributed by atoms with Crippen molar-refractivity contribution in [2.24, 2.45) is 10.9 Å². The topological polar surface area (TPSA) is 68.8 Å². The molecule has 0 fully saturated rings. The maximum absolute atomic E-state index is 12.2. The summed E-state index contributed by atoms with van der Waals surface area (Å²) in [5.41, 5.74) is 1.73. The molecule has 0 unspecified atom stereocenters. The van der Waals surface area contributed by atoms with E-state index in [4.69, 9.17) is 0 Å². The molecule has 0 saturated heterocycles. The highest BCUT2D eigenvalue weighted by molar-refractivity contribution is 14.0. The number of amides is 1. The fourth-order valence-electron chi connectivity index (χ4n) is 2.20. The van der Waals surface area contributed by atoms with Gasteiger partial charge >= 0.3 is 0 Å². The van der Waals surface area contributed by atoms with Gasteiger partial charge < -0.3 is 20.9 Å². The van der Waals surface area contributed by atoms with E-state index in [1.165, 1.54) is 0 Å². The second kappa shape index (κ2) is 13.8. The Bertz CT molecular complexity index is 561. The van der Waals surface area contributed by atoms with Crippen molar-refractivity contribution >= 4 is 35.8 Å². The van der Waals surface area contributed by atoms with Gasteiger partial charge in [0.1, 0.15) is 0 Å². The van der Waals surface area contributed by atoms with Crippen LogP contribution in [0.25, 0.3) is 0 Å². The number of aliphatic imine (C=N–C) groups is 1. The summed E-state index contributed by atoms with van der Waals surface area (Å²) in [4.78, 5) is 18.5. The fraction of sp³-hybridized carbons (Fsp3) is 0.579. The van der Waals surface area contributed by atoms with Crippen molar-refractivity contribution < 1.29 is 4.79 Å². The van der Waals surface area contributed by atoms with Crippen LogP contribution in [-0.4, -0.2) is 57.5 Å². The maximum Gasteiger partial charge on any atom is 0.251 e. The van der Waals surface area contributed by atoms with E-state index in [0.29, 0.717) is 24.6 Å². The van der Waals surface area contributed by atoms with Crippen LogP contribution in [0.1, 0.15) is 36.2 Å². The number of nitrogens with one attached hydrogen (secondary N) is 3. The number of rotatable bonds is 9. The van der Waals surface area contributed by atoms with Crippen LogP contribution in [-0.2, 0) is 6.54 Å². The molecule has 1 aromatic rings. The molecular weight excluding hydrogens is 441 g/mol. The van der Waals surface area contributed by atoms with Crippen LogP contribution >= 0.6 is 24.0 Å². The molecule has 1 aromatic carbocycles. The van der Waals surface area contributed by atoms with Crippen LogP contribution in [0.5, 0.6) is 0 Å². The standard InChI is InChI=1S/C19H33N5O.HI/c1-15(2)9-10-22-19(20-3)23-14-16-7-6-8-17(13-16)18(25)21-11-12-24(4)5;/h6-8,13,15H,9-12,14H2,1-5H3,(H,21,25)(H2,20,22,23);1H. The minimum Gasteiger partial charge on any atom is -0.356 e. The van der Waals surface area contributed by atoms with E-state index < -0.39 is 0 Å². The normalized spacial score (nSPS) is 11.3. The van der Waals surface area contributed by atoms with Gasteiger partial charge in [-0.25, -0.2) is 0 Å². The van der Waals surface area contributed by atoms with E-state index in [0.717, 1.165) is 31.0 Å². The van der Waals surface area contributed by atoms with Gasteiger partial charge in [-0.1, -0.05) is 26.0 Å². The highest BCUT2D eigenvalue weighted by Gasteiger charge is 2.06. The molecule has 7 heteroatoms. The summed E-state index contributed by atoms with van der Waals surface area (Å²) in [6.07, 6.45) is 1.10. The van der Waals surface area contributed by atoms with Gasteiger partial charge in [0.25, 0.3) is 5.91 Å². The monoisotopic (exact) mass is 475 g/mol. The molecule has 148 valence electrons. The molecule has 0 aliphatic heterocycles. The minimum absolute atomic E-state index is 0. The van der Waals surface area contributed by atoms with Gasteiger partial charge in [-0.2, -0.15) is 0 Å². The van der Waals surface area contributed by atoms with Crippen molar-refractivity contribution in [3.8, 4) is 0 Å². The van der Waals surface area contributed by atoms with Crippen LogP contribution in [0.2, 0.25) is 0 Å². The van der Waals surface area contributed by atoms with Gasteiger partial charge in [0.15, 0.2) is 5.96 Å². The lowest BCUT2D eigenvalue weighted by Crippen LogP contribution is -2.37. The van der Waals surface area contributed by atoms with E-state index in [9.17, 15) is 4.79 Å². The van der Waals surface area contributed by atoms with E-state index in [2.05, 4.69) is 34.8 Å². The molecular formula is C19H34IN5O. The number of guanidine groups is 1. The molecule has 26 heavy (non-hydrogen) atoms. The van der Waals surface area contributed by atoms with E-state index in [-0.39, 0.29) is 29.9 Å². The van der Waals surface area contributed by atoms with Gasteiger partial charge in [0, 0.05) is 38.8 Å². The van der Waals surface area contributed by atoms with Crippen molar-refractivity contribution in [2.75, 3.05) is 40.8 Å². The van der Waals surface area contributed by atoms with Crippen molar-refractivity contribution in [2.45, 2.75) is 26.8 Å². The summed E-state index contributed by atoms with van der Waals surface area (Å²) >= 11 is 0. The summed E-state index contributed by atoms with van der Waals surface area (Å²) in [6, 6.07) is 7.67. The van der Waals surface area contributed by atoms with Crippen LogP contribution < -0.4 is 16.0 Å². The summed E-state index contributed by atoms with van der Waals surface area (Å²) < 4.78 is 0. The SMILES string of the molecule is CN=C(NCCC(C)C)NCc1cccc(C(=O)NCCN(C)C)c1.I. The Morgan fingerprint density at radius 2 is 1.88 bits per heavy atom. The fourth-order valence-corrected chi connectivity index (χ4v) is 2.20. The van der Waals surface area contributed by atoms with Crippen LogP contribution in [0, 0.1) is 5.92 Å². The molecule has 0 saturated carbocycles. The molecule has 0 aliphatic rings. The molecule has 6 nitrogen and oxygen atoms in total. The van der Waals surface area contributed by atoms with Gasteiger partial charge in [-0.3, -0.25) is 9.79 Å². The van der Waals surface area contributed by atoms with Gasteiger partial charge in [-0.05, 0) is 44.1 Å². The van der Waals surface area contributed by atoms with Gasteiger partial charge in [-0.15, -0.1) is 24.0 Å². The van der Waals surface area contributed by atoms with E-state index in [1.807, 2.05) is 43.3 Å². The first kappa shape index (κ1) is 24.7. The Hall–Kier alpha value is -1.35. The molecule has 0 aliphatic carbocycles. The smallest absolute Gasteiger partial charge is 0.251 e. The average Bonchev–Trinajstić information content (AvgIpc) is 2.57. The zero-order chi connectivity index (χ0) is 18.7. The molecule has 3 N–H and O–H groups in total. The largest absolute Gasteiger partial charge is 0.356 e. The first-order valence-corrected chi connectivity index (χ1v) is 8.88. The second-order valence-electron chi connectivity index (χ2n) is 6.79. The predicted octanol–water partition coefficient (Wildman–Crippen LogP) is 2.31. The summed E-state index contributed by atoms with van der Waals surface area (Å²) in [7, 11) is 5.74. The molecule has 0 radical (unpaired) electrons. The predicted molar refractivity (Wildman–Crippen MR) is 120 cm³/mol. The third kappa shape index (κ3) is 10.6. The number of carbonyl (C=O) groups excluding carboxylic acids is 1. The Balaban J connectivity index is 0.00000625. The molecule has 0 bridgehead atoms. The van der Waals surface area contributed by atoms with E-state index in [1.54, 1.807) is 7.05 Å². The first-order chi connectivity index (χ1) is 11.9. The Kier molecular flexibility index (Phi) is 13.1. The third-order valence-corrected chi connectivity index (χ3v) is 3.73. The highest BCUT2D eigenvalue weighted by Crippen LogP contribution is 2.05. The average molecular weight is 475 g/mol. The van der Waals surface area contributed by atoms with Gasteiger partial charge in [0.2, 0.25) is 0 Å². The van der Waals surface area contributed by atoms with Crippen molar-refractivity contribution in [3.05, 3.63) is 35.4 Å². The van der Waals surface area contributed by atoms with Gasteiger partial charge in [0.05, 0.1) is 0 Å². The number of nitrogens with zero attached hydrogens (tertiary/aromatic N) is 2. The third-order valence-electron chi connectivity index (χ3n) is 3.73. The number of carbonyl (C=O) groups is 1. The molecule has 0 atom stereocenters. The lowest BCUT2D eigenvalue weighted by Gasteiger charge is -2.13. The second-order valence-corrected chi connectivity index (χ2v) is 6.79. The van der Waals surface area contributed by atoms with Crippen molar-refractivity contribution in [3.63, 3.8) is 0 Å². The number of benzene rings is 1. The number of hydrogen-bond donors (Lipinski definition) is 3. The van der Waals surface area contributed by atoms with Crippen LogP contribution in [0.4, 0.5) is 0 Å². The molecule has 1 amide bonds. The minimum atomic E-state index is -0.0388. The Morgan fingerprint density at radius 1 is 1.15 bits per heavy atom. The summed E-state index contributed by atoms with van der Waals surface area (Å²) in [6.45, 7) is 7.39. The van der Waals surface area contributed by atoms with Crippen LogP contribution in [0.15, 0.2) is 29.3 Å². The lowest BCUT2D eigenvalue weighted by molar-refractivity contribution is 0.0951. The molecule has 1 rings (SSSR count). The molecule has 0 spiro atoms. The zero-order valence-electron chi connectivity index (χ0n) is 16.6. The lowest BCUT2D eigenvalue weighted by atomic mass is 10.1. The molecule has 0 aromatic heterocycles. The molecule has 0 heterocycles. The Labute approximate surface area is 175 Å². The maximum atomic E-state index is 12.2. The number of hydrogen-bond acceptors (Lipinski definition) is 3. The first-order valence-electron chi connectivity index (χ1n) is 8.88. The Morgan fingerprint density at radius 3 is 2.50 bits per heavy atom. The summed E-state index contributed by atoms with van der Waals surface area (Å²) in [5, 5.41) is 9.52. The van der Waals surface area contributed by atoms with Crippen LogP contribution in [0.3, 0.4) is 0 Å². The van der Waals surface area contributed by atoms with Crippen molar-refractivity contribution in [1.29, 1.82) is 0 Å². The number of likely N-dealkylation sites (N-methyl/N-ethyl adjacent to an activating group) is 1. The quantitative estimate of drug-likeness (QED) is 0.291.